The molecule has 3 aromatic carbocycles. The Bertz CT molecular complexity index is 1280. The first-order chi connectivity index (χ1) is 15.7. The maximum absolute atomic E-state index is 9.66. The zero-order valence-electron chi connectivity index (χ0n) is 17.5. The lowest BCUT2D eigenvalue weighted by Gasteiger charge is -2.37. The van der Waals surface area contributed by atoms with Crippen molar-refractivity contribution >= 4 is 45.7 Å². The lowest BCUT2D eigenvalue weighted by molar-refractivity contribution is 0.653. The quantitative estimate of drug-likeness (QED) is 0.420. The second-order valence-corrected chi connectivity index (χ2v) is 8.25. The van der Waals surface area contributed by atoms with Crippen LogP contribution in [0, 0.1) is 11.3 Å². The lowest BCUT2D eigenvalue weighted by Crippen LogP contribution is -2.46. The SMILES string of the molecule is N#C/C(=C\c1ccc(N2CCN(c3cccc(Cl)c3)CC2)cc1)c1nc2ccccc2[nH]1. The van der Waals surface area contributed by atoms with Crippen molar-refractivity contribution in [3.8, 4) is 6.07 Å². The van der Waals surface area contributed by atoms with Crippen LogP contribution in [0.5, 0.6) is 0 Å². The molecular formula is C26H22ClN5. The molecule has 0 aliphatic carbocycles. The van der Waals surface area contributed by atoms with E-state index in [9.17, 15) is 5.26 Å². The number of aromatic amines is 1. The summed E-state index contributed by atoms with van der Waals surface area (Å²) in [6.45, 7) is 3.80. The molecule has 0 amide bonds. The van der Waals surface area contributed by atoms with E-state index in [0.717, 1.165) is 47.8 Å². The van der Waals surface area contributed by atoms with Crippen molar-refractivity contribution < 1.29 is 0 Å². The number of hydrogen-bond donors (Lipinski definition) is 1. The molecule has 5 rings (SSSR count). The molecule has 0 saturated carbocycles. The summed E-state index contributed by atoms with van der Waals surface area (Å²) < 4.78 is 0. The highest BCUT2D eigenvalue weighted by atomic mass is 35.5. The lowest BCUT2D eigenvalue weighted by atomic mass is 10.1. The van der Waals surface area contributed by atoms with Crippen LogP contribution in [0.15, 0.2) is 72.8 Å². The molecule has 2 heterocycles. The highest BCUT2D eigenvalue weighted by Gasteiger charge is 2.17. The highest BCUT2D eigenvalue weighted by molar-refractivity contribution is 6.30. The minimum Gasteiger partial charge on any atom is -0.368 e. The van der Waals surface area contributed by atoms with E-state index in [1.807, 2.05) is 48.5 Å². The third kappa shape index (κ3) is 4.18. The van der Waals surface area contributed by atoms with Crippen molar-refractivity contribution in [2.45, 2.75) is 0 Å². The topological polar surface area (TPSA) is 59.0 Å². The zero-order chi connectivity index (χ0) is 21.9. The van der Waals surface area contributed by atoms with Gasteiger partial charge in [-0.15, -0.1) is 0 Å². The van der Waals surface area contributed by atoms with Gasteiger partial charge in [0.1, 0.15) is 11.9 Å². The van der Waals surface area contributed by atoms with E-state index in [2.05, 4.69) is 56.2 Å². The van der Waals surface area contributed by atoms with Crippen LogP contribution in [-0.4, -0.2) is 36.1 Å². The fraction of sp³-hybridized carbons (Fsp3) is 0.154. The minimum absolute atomic E-state index is 0.518. The van der Waals surface area contributed by atoms with Crippen LogP contribution in [0.25, 0.3) is 22.7 Å². The van der Waals surface area contributed by atoms with Gasteiger partial charge in [-0.25, -0.2) is 4.98 Å². The molecule has 0 bridgehead atoms. The second kappa shape index (κ2) is 8.78. The number of nitrogens with zero attached hydrogens (tertiary/aromatic N) is 4. The zero-order valence-corrected chi connectivity index (χ0v) is 18.3. The maximum Gasteiger partial charge on any atom is 0.149 e. The molecule has 1 aliphatic rings. The number of imidazole rings is 1. The Morgan fingerprint density at radius 1 is 0.906 bits per heavy atom. The van der Waals surface area contributed by atoms with Crippen LogP contribution in [0.3, 0.4) is 0 Å². The summed E-state index contributed by atoms with van der Waals surface area (Å²) in [5.74, 6) is 0.593. The molecule has 1 aromatic heterocycles. The summed E-state index contributed by atoms with van der Waals surface area (Å²) in [6.07, 6.45) is 1.87. The molecule has 32 heavy (non-hydrogen) atoms. The van der Waals surface area contributed by atoms with Gasteiger partial charge in [-0.2, -0.15) is 5.26 Å². The fourth-order valence-corrected chi connectivity index (χ4v) is 4.26. The Morgan fingerprint density at radius 2 is 1.62 bits per heavy atom. The molecule has 6 heteroatoms. The van der Waals surface area contributed by atoms with E-state index >= 15 is 0 Å². The number of allylic oxidation sites excluding steroid dienone is 1. The first-order valence-corrected chi connectivity index (χ1v) is 11.0. The van der Waals surface area contributed by atoms with E-state index in [0.29, 0.717) is 11.4 Å². The van der Waals surface area contributed by atoms with Gasteiger partial charge in [-0.05, 0) is 54.1 Å². The highest BCUT2D eigenvalue weighted by Crippen LogP contribution is 2.24. The van der Waals surface area contributed by atoms with Crippen molar-refractivity contribution in [3.63, 3.8) is 0 Å². The molecule has 1 N–H and O–H groups in total. The number of aromatic nitrogens is 2. The molecule has 1 saturated heterocycles. The van der Waals surface area contributed by atoms with Crippen molar-refractivity contribution in [2.24, 2.45) is 0 Å². The van der Waals surface area contributed by atoms with Gasteiger partial charge >= 0.3 is 0 Å². The molecule has 0 radical (unpaired) electrons. The summed E-state index contributed by atoms with van der Waals surface area (Å²) in [5, 5.41) is 10.4. The largest absolute Gasteiger partial charge is 0.368 e. The van der Waals surface area contributed by atoms with E-state index in [4.69, 9.17) is 11.6 Å². The van der Waals surface area contributed by atoms with Gasteiger partial charge in [-0.3, -0.25) is 0 Å². The van der Waals surface area contributed by atoms with Gasteiger partial charge in [0.2, 0.25) is 0 Å². The summed E-state index contributed by atoms with van der Waals surface area (Å²) in [6, 6.07) is 26.4. The molecule has 158 valence electrons. The number of anilines is 2. The summed E-state index contributed by atoms with van der Waals surface area (Å²) >= 11 is 6.14. The van der Waals surface area contributed by atoms with Gasteiger partial charge < -0.3 is 14.8 Å². The second-order valence-electron chi connectivity index (χ2n) is 7.82. The summed E-state index contributed by atoms with van der Waals surface area (Å²) in [7, 11) is 0. The molecule has 4 aromatic rings. The number of hydrogen-bond acceptors (Lipinski definition) is 4. The Balaban J connectivity index is 1.28. The van der Waals surface area contributed by atoms with Crippen LogP contribution >= 0.6 is 11.6 Å². The van der Waals surface area contributed by atoms with Crippen LogP contribution in [0.1, 0.15) is 11.4 Å². The first-order valence-electron chi connectivity index (χ1n) is 10.6. The predicted octanol–water partition coefficient (Wildman–Crippen LogP) is 5.61. The number of halogens is 1. The standard InChI is InChI=1S/C26H22ClN5/c27-21-4-3-5-23(17-21)32-14-12-31(13-15-32)22-10-8-19(9-11-22)16-20(18-28)26-29-24-6-1-2-7-25(24)30-26/h1-11,16-17H,12-15H2,(H,29,30)/b20-16+. The van der Waals surface area contributed by atoms with E-state index in [1.54, 1.807) is 0 Å². The summed E-state index contributed by atoms with van der Waals surface area (Å²) in [4.78, 5) is 12.5. The molecule has 1 aliphatic heterocycles. The number of rotatable bonds is 4. The predicted molar refractivity (Wildman–Crippen MR) is 132 cm³/mol. The Kier molecular flexibility index (Phi) is 5.53. The van der Waals surface area contributed by atoms with Crippen LogP contribution in [0.2, 0.25) is 5.02 Å². The molecule has 5 nitrogen and oxygen atoms in total. The molecule has 0 spiro atoms. The van der Waals surface area contributed by atoms with E-state index in [-0.39, 0.29) is 0 Å². The van der Waals surface area contributed by atoms with Crippen LogP contribution in [-0.2, 0) is 0 Å². The third-order valence-corrected chi connectivity index (χ3v) is 6.02. The Morgan fingerprint density at radius 3 is 2.31 bits per heavy atom. The van der Waals surface area contributed by atoms with Gasteiger partial charge in [0.05, 0.1) is 16.6 Å². The van der Waals surface area contributed by atoms with Gasteiger partial charge in [0.15, 0.2) is 0 Å². The monoisotopic (exact) mass is 439 g/mol. The van der Waals surface area contributed by atoms with Crippen molar-refractivity contribution in [2.75, 3.05) is 36.0 Å². The summed E-state index contributed by atoms with van der Waals surface area (Å²) in [5.41, 5.74) is 5.64. The van der Waals surface area contributed by atoms with E-state index in [1.165, 1.54) is 11.4 Å². The van der Waals surface area contributed by atoms with Crippen LogP contribution in [0.4, 0.5) is 11.4 Å². The number of piperazine rings is 1. The number of nitrogens with one attached hydrogen (secondary N) is 1. The number of para-hydroxylation sites is 2. The first kappa shape index (κ1) is 20.2. The van der Waals surface area contributed by atoms with E-state index < -0.39 is 0 Å². The van der Waals surface area contributed by atoms with Crippen LogP contribution < -0.4 is 9.80 Å². The minimum atomic E-state index is 0.518. The fourth-order valence-electron chi connectivity index (χ4n) is 4.08. The number of benzene rings is 3. The number of fused-ring (bicyclic) bond motifs is 1. The maximum atomic E-state index is 9.66. The number of H-pyrrole nitrogens is 1. The average molecular weight is 440 g/mol. The van der Waals surface area contributed by atoms with Crippen molar-refractivity contribution in [3.05, 3.63) is 89.2 Å². The molecule has 0 atom stereocenters. The van der Waals surface area contributed by atoms with Gasteiger partial charge in [0.25, 0.3) is 0 Å². The molecule has 0 unspecified atom stereocenters. The molecular weight excluding hydrogens is 418 g/mol. The normalized spacial score (nSPS) is 14.6. The average Bonchev–Trinajstić information content (AvgIpc) is 3.27. The smallest absolute Gasteiger partial charge is 0.149 e. The third-order valence-electron chi connectivity index (χ3n) is 5.79. The molecule has 1 fully saturated rings. The van der Waals surface area contributed by atoms with Gasteiger partial charge in [-0.1, -0.05) is 41.9 Å². The Labute approximate surface area is 192 Å². The van der Waals surface area contributed by atoms with Crippen molar-refractivity contribution in [1.82, 2.24) is 9.97 Å². The van der Waals surface area contributed by atoms with Crippen molar-refractivity contribution in [1.29, 1.82) is 5.26 Å². The number of nitriles is 1. The Hall–Kier alpha value is -3.75. The van der Waals surface area contributed by atoms with Gasteiger partial charge in [0, 0.05) is 42.6 Å².